The Bertz CT molecular complexity index is 678. The maximum Gasteiger partial charge on any atom is 0.265 e. The van der Waals surface area contributed by atoms with E-state index in [4.69, 9.17) is 5.73 Å². The first-order valence-electron chi connectivity index (χ1n) is 6.53. The monoisotopic (exact) mass is 386 g/mol. The van der Waals surface area contributed by atoms with Gasteiger partial charge in [0.1, 0.15) is 0 Å². The van der Waals surface area contributed by atoms with Crippen LogP contribution >= 0.6 is 39.7 Å². The van der Waals surface area contributed by atoms with Crippen molar-refractivity contribution in [2.24, 2.45) is 0 Å². The number of amides is 1. The average molecular weight is 388 g/mol. The van der Waals surface area contributed by atoms with Crippen molar-refractivity contribution >= 4 is 57.0 Å². The predicted octanol–water partition coefficient (Wildman–Crippen LogP) is 4.56. The van der Waals surface area contributed by atoms with Gasteiger partial charge in [-0.25, -0.2) is 0 Å². The van der Waals surface area contributed by atoms with E-state index in [1.165, 1.54) is 16.9 Å². The molecule has 21 heavy (non-hydrogen) atoms. The van der Waals surface area contributed by atoms with Crippen LogP contribution in [-0.2, 0) is 12.8 Å². The minimum absolute atomic E-state index is 0. The molecule has 3 rings (SSSR count). The first-order valence-corrected chi connectivity index (χ1v) is 8.14. The van der Waals surface area contributed by atoms with Crippen LogP contribution in [-0.4, -0.2) is 5.91 Å². The molecule has 1 aliphatic carbocycles. The molecule has 1 amide bonds. The maximum atomic E-state index is 12.3. The third kappa shape index (κ3) is 3.25. The Hall–Kier alpha value is -1.04. The highest BCUT2D eigenvalue weighted by Crippen LogP contribution is 2.32. The van der Waals surface area contributed by atoms with E-state index >= 15 is 0 Å². The third-order valence-electron chi connectivity index (χ3n) is 3.57. The number of benzene rings is 1. The zero-order chi connectivity index (χ0) is 14.3. The number of halogens is 2. The number of nitrogens with two attached hydrogens (primary N) is 1. The number of anilines is 2. The van der Waals surface area contributed by atoms with Crippen molar-refractivity contribution in [2.75, 3.05) is 11.1 Å². The van der Waals surface area contributed by atoms with Crippen LogP contribution in [0, 0.1) is 6.92 Å². The summed E-state index contributed by atoms with van der Waals surface area (Å²) in [5.74, 6) is -0.0754. The molecule has 0 saturated heterocycles. The van der Waals surface area contributed by atoms with E-state index in [2.05, 4.69) is 21.2 Å². The minimum Gasteiger partial charge on any atom is -0.397 e. The van der Waals surface area contributed by atoms with Gasteiger partial charge in [0.2, 0.25) is 0 Å². The molecule has 1 heterocycles. The lowest BCUT2D eigenvalue weighted by Gasteiger charge is -2.10. The van der Waals surface area contributed by atoms with Crippen LogP contribution in [0.2, 0.25) is 0 Å². The van der Waals surface area contributed by atoms with Gasteiger partial charge in [0.15, 0.2) is 0 Å². The number of fused-ring (bicyclic) bond motifs is 1. The fourth-order valence-electron chi connectivity index (χ4n) is 2.48. The smallest absolute Gasteiger partial charge is 0.265 e. The maximum absolute atomic E-state index is 12.3. The summed E-state index contributed by atoms with van der Waals surface area (Å²) in [5, 5.41) is 2.91. The van der Waals surface area contributed by atoms with Crippen molar-refractivity contribution < 1.29 is 4.79 Å². The molecule has 0 saturated carbocycles. The van der Waals surface area contributed by atoms with Crippen molar-refractivity contribution in [3.8, 4) is 0 Å². The Morgan fingerprint density at radius 2 is 2.10 bits per heavy atom. The quantitative estimate of drug-likeness (QED) is 0.742. The van der Waals surface area contributed by atoms with E-state index in [9.17, 15) is 4.79 Å². The van der Waals surface area contributed by atoms with Gasteiger partial charge in [-0.2, -0.15) is 0 Å². The van der Waals surface area contributed by atoms with Gasteiger partial charge in [-0.1, -0.05) is 15.9 Å². The van der Waals surface area contributed by atoms with E-state index in [1.54, 1.807) is 11.3 Å². The number of hydrogen-bond donors (Lipinski definition) is 2. The lowest BCUT2D eigenvalue weighted by molar-refractivity contribution is 0.103. The Morgan fingerprint density at radius 1 is 1.33 bits per heavy atom. The van der Waals surface area contributed by atoms with Crippen molar-refractivity contribution in [1.29, 1.82) is 0 Å². The molecule has 0 atom stereocenters. The summed E-state index contributed by atoms with van der Waals surface area (Å²) in [5.41, 5.74) is 9.58. The average Bonchev–Trinajstić information content (AvgIpc) is 2.95. The molecule has 3 nitrogen and oxygen atoms in total. The van der Waals surface area contributed by atoms with Crippen LogP contribution in [0.3, 0.4) is 0 Å². The number of thiophene rings is 1. The van der Waals surface area contributed by atoms with E-state index in [1.807, 2.05) is 25.1 Å². The number of hydrogen-bond acceptors (Lipinski definition) is 3. The molecule has 0 bridgehead atoms. The lowest BCUT2D eigenvalue weighted by Crippen LogP contribution is -2.12. The van der Waals surface area contributed by atoms with Gasteiger partial charge in [-0.05, 0) is 55.5 Å². The molecule has 0 aliphatic heterocycles. The molecule has 1 aliphatic rings. The fraction of sp³-hybridized carbons (Fsp3) is 0.267. The van der Waals surface area contributed by atoms with Crippen LogP contribution in [0.1, 0.15) is 32.1 Å². The van der Waals surface area contributed by atoms with Crippen LogP contribution in [0.5, 0.6) is 0 Å². The zero-order valence-corrected chi connectivity index (χ0v) is 14.8. The summed E-state index contributed by atoms with van der Waals surface area (Å²) in [4.78, 5) is 14.4. The number of carbonyl (C=O) groups excluding carboxylic acids is 1. The van der Waals surface area contributed by atoms with E-state index in [-0.39, 0.29) is 18.3 Å². The predicted molar refractivity (Wildman–Crippen MR) is 94.8 cm³/mol. The lowest BCUT2D eigenvalue weighted by atomic mass is 10.1. The second kappa shape index (κ2) is 6.38. The van der Waals surface area contributed by atoms with Gasteiger partial charge in [-0.3, -0.25) is 4.79 Å². The van der Waals surface area contributed by atoms with Gasteiger partial charge < -0.3 is 11.1 Å². The second-order valence-corrected chi connectivity index (χ2v) is 7.10. The van der Waals surface area contributed by atoms with Crippen LogP contribution < -0.4 is 11.1 Å². The standard InChI is InChI=1S/C15H15BrN2OS.ClH/c1-8-5-10(16)7-11(14(8)17)18-15(19)13-6-9-3-2-4-12(9)20-13;/h5-7H,2-4,17H2,1H3,(H,18,19);1H. The highest BCUT2D eigenvalue weighted by molar-refractivity contribution is 9.10. The molecule has 1 aromatic carbocycles. The molecule has 1 aromatic heterocycles. The summed E-state index contributed by atoms with van der Waals surface area (Å²) >= 11 is 5.02. The van der Waals surface area contributed by atoms with Gasteiger partial charge >= 0.3 is 0 Å². The van der Waals surface area contributed by atoms with Crippen molar-refractivity contribution in [3.05, 3.63) is 43.6 Å². The summed E-state index contributed by atoms with van der Waals surface area (Å²) in [7, 11) is 0. The molecule has 0 unspecified atom stereocenters. The third-order valence-corrected chi connectivity index (χ3v) is 5.26. The Kier molecular flexibility index (Phi) is 4.96. The molecular formula is C15H16BrClN2OS. The van der Waals surface area contributed by atoms with Crippen LogP contribution in [0.15, 0.2) is 22.7 Å². The summed E-state index contributed by atoms with van der Waals surface area (Å²) in [6, 6.07) is 5.79. The van der Waals surface area contributed by atoms with Gasteiger partial charge in [0.25, 0.3) is 5.91 Å². The first-order chi connectivity index (χ1) is 9.54. The summed E-state index contributed by atoms with van der Waals surface area (Å²) < 4.78 is 0.910. The molecule has 6 heteroatoms. The Labute approximate surface area is 142 Å². The molecule has 0 spiro atoms. The van der Waals surface area contributed by atoms with E-state index < -0.39 is 0 Å². The van der Waals surface area contributed by atoms with Crippen LogP contribution in [0.25, 0.3) is 0 Å². The molecule has 0 radical (unpaired) electrons. The van der Waals surface area contributed by atoms with Crippen molar-refractivity contribution in [2.45, 2.75) is 26.2 Å². The van der Waals surface area contributed by atoms with Crippen molar-refractivity contribution in [3.63, 3.8) is 0 Å². The zero-order valence-electron chi connectivity index (χ0n) is 11.5. The number of carbonyl (C=O) groups is 1. The molecule has 3 N–H and O–H groups in total. The Morgan fingerprint density at radius 3 is 2.81 bits per heavy atom. The minimum atomic E-state index is -0.0754. The number of rotatable bonds is 2. The molecule has 2 aromatic rings. The highest BCUT2D eigenvalue weighted by Gasteiger charge is 2.19. The number of nitrogen functional groups attached to an aromatic ring is 1. The fourth-order valence-corrected chi connectivity index (χ4v) is 4.20. The first kappa shape index (κ1) is 16.3. The number of nitrogens with one attached hydrogen (secondary N) is 1. The van der Waals surface area contributed by atoms with E-state index in [0.29, 0.717) is 11.4 Å². The SMILES string of the molecule is Cc1cc(Br)cc(NC(=O)c2cc3c(s2)CCC3)c1N.Cl. The summed E-state index contributed by atoms with van der Waals surface area (Å²) in [6.07, 6.45) is 3.41. The molecule has 0 fully saturated rings. The van der Waals surface area contributed by atoms with E-state index in [0.717, 1.165) is 27.8 Å². The number of aryl methyl sites for hydroxylation is 3. The Balaban J connectivity index is 0.00000161. The van der Waals surface area contributed by atoms with Crippen molar-refractivity contribution in [1.82, 2.24) is 0 Å². The topological polar surface area (TPSA) is 55.1 Å². The normalized spacial score (nSPS) is 12.7. The summed E-state index contributed by atoms with van der Waals surface area (Å²) in [6.45, 7) is 1.93. The van der Waals surface area contributed by atoms with Crippen LogP contribution in [0.4, 0.5) is 11.4 Å². The van der Waals surface area contributed by atoms with Gasteiger partial charge in [0, 0.05) is 9.35 Å². The largest absolute Gasteiger partial charge is 0.397 e. The highest BCUT2D eigenvalue weighted by atomic mass is 79.9. The van der Waals surface area contributed by atoms with Gasteiger partial charge in [-0.15, -0.1) is 23.7 Å². The molecular weight excluding hydrogens is 372 g/mol. The van der Waals surface area contributed by atoms with Gasteiger partial charge in [0.05, 0.1) is 16.3 Å². The molecule has 112 valence electrons. The second-order valence-electron chi connectivity index (χ2n) is 5.05.